The summed E-state index contributed by atoms with van der Waals surface area (Å²) in [4.78, 5) is 25.5. The van der Waals surface area contributed by atoms with Crippen molar-refractivity contribution in [3.8, 4) is 0 Å². The summed E-state index contributed by atoms with van der Waals surface area (Å²) in [6, 6.07) is 15.6. The maximum Gasteiger partial charge on any atom is 0.254 e. The number of amides is 2. The van der Waals surface area contributed by atoms with E-state index in [0.717, 1.165) is 0 Å². The number of aliphatic hydroxyl groups is 1. The molecule has 24 heavy (non-hydrogen) atoms. The van der Waals surface area contributed by atoms with E-state index in [9.17, 15) is 14.7 Å². The molecule has 2 aromatic rings. The molecule has 0 radical (unpaired) electrons. The van der Waals surface area contributed by atoms with Gasteiger partial charge >= 0.3 is 0 Å². The lowest BCUT2D eigenvalue weighted by atomic mass is 10.1. The number of aliphatic hydroxyl groups excluding tert-OH is 1. The number of carbonyl (C=O) groups excluding carboxylic acids is 2. The van der Waals surface area contributed by atoms with Gasteiger partial charge < -0.3 is 15.3 Å². The van der Waals surface area contributed by atoms with Gasteiger partial charge in [-0.1, -0.05) is 48.0 Å². The highest BCUT2D eigenvalue weighted by Crippen LogP contribution is 2.21. The summed E-state index contributed by atoms with van der Waals surface area (Å²) in [6.07, 6.45) is -0.905. The highest BCUT2D eigenvalue weighted by molar-refractivity contribution is 6.31. The molecule has 5 nitrogen and oxygen atoms in total. The van der Waals surface area contributed by atoms with Crippen LogP contribution in [0.2, 0.25) is 5.02 Å². The predicted octanol–water partition coefficient (Wildman–Crippen LogP) is 2.26. The van der Waals surface area contributed by atoms with Crippen LogP contribution in [0.3, 0.4) is 0 Å². The van der Waals surface area contributed by atoms with Crippen LogP contribution < -0.4 is 5.32 Å². The lowest BCUT2D eigenvalue weighted by Gasteiger charge is -2.18. The van der Waals surface area contributed by atoms with E-state index in [2.05, 4.69) is 5.32 Å². The van der Waals surface area contributed by atoms with E-state index >= 15 is 0 Å². The summed E-state index contributed by atoms with van der Waals surface area (Å²) in [5.74, 6) is -0.592. The maximum absolute atomic E-state index is 12.2. The largest absolute Gasteiger partial charge is 0.387 e. The minimum absolute atomic E-state index is 0.0237. The van der Waals surface area contributed by atoms with Gasteiger partial charge in [0.25, 0.3) is 5.91 Å². The van der Waals surface area contributed by atoms with Gasteiger partial charge in [-0.15, -0.1) is 0 Å². The third kappa shape index (κ3) is 4.81. The van der Waals surface area contributed by atoms with E-state index < -0.39 is 6.10 Å². The molecule has 126 valence electrons. The monoisotopic (exact) mass is 346 g/mol. The van der Waals surface area contributed by atoms with E-state index in [1.807, 2.05) is 6.07 Å². The van der Waals surface area contributed by atoms with Crippen LogP contribution in [0.25, 0.3) is 0 Å². The van der Waals surface area contributed by atoms with Crippen LogP contribution in [0, 0.1) is 0 Å². The zero-order valence-electron chi connectivity index (χ0n) is 13.3. The average Bonchev–Trinajstić information content (AvgIpc) is 2.60. The van der Waals surface area contributed by atoms with Crippen LogP contribution in [0.1, 0.15) is 22.0 Å². The Morgan fingerprint density at radius 3 is 2.42 bits per heavy atom. The SMILES string of the molecule is CN(CC(=O)NCC(O)c1ccccc1Cl)C(=O)c1ccccc1. The molecular formula is C18H19ClN2O3. The lowest BCUT2D eigenvalue weighted by Crippen LogP contribution is -2.39. The summed E-state index contributed by atoms with van der Waals surface area (Å²) in [5, 5.41) is 13.1. The highest BCUT2D eigenvalue weighted by atomic mass is 35.5. The number of rotatable bonds is 6. The van der Waals surface area contributed by atoms with Gasteiger partial charge in [-0.05, 0) is 18.2 Å². The quantitative estimate of drug-likeness (QED) is 0.843. The van der Waals surface area contributed by atoms with E-state index in [-0.39, 0.29) is 24.9 Å². The normalized spacial score (nSPS) is 11.6. The van der Waals surface area contributed by atoms with Gasteiger partial charge in [0.2, 0.25) is 5.91 Å². The summed E-state index contributed by atoms with van der Waals surface area (Å²) in [5.41, 5.74) is 1.07. The van der Waals surface area contributed by atoms with Gasteiger partial charge in [0.05, 0.1) is 12.6 Å². The zero-order valence-corrected chi connectivity index (χ0v) is 14.0. The molecule has 0 heterocycles. The summed E-state index contributed by atoms with van der Waals surface area (Å²) >= 11 is 6.00. The minimum atomic E-state index is -0.905. The van der Waals surface area contributed by atoms with Crippen LogP contribution in [-0.2, 0) is 4.79 Å². The van der Waals surface area contributed by atoms with Crippen LogP contribution in [0.4, 0.5) is 0 Å². The number of halogens is 1. The molecule has 0 saturated heterocycles. The minimum Gasteiger partial charge on any atom is -0.387 e. The Labute approximate surface area is 145 Å². The van der Waals surface area contributed by atoms with Crippen LogP contribution in [0.15, 0.2) is 54.6 Å². The van der Waals surface area contributed by atoms with E-state index in [0.29, 0.717) is 16.1 Å². The van der Waals surface area contributed by atoms with E-state index in [1.165, 1.54) is 4.90 Å². The fourth-order valence-corrected chi connectivity index (χ4v) is 2.47. The molecule has 1 atom stereocenters. The molecule has 2 amide bonds. The van der Waals surface area contributed by atoms with Crippen molar-refractivity contribution < 1.29 is 14.7 Å². The summed E-state index contributed by atoms with van der Waals surface area (Å²) in [7, 11) is 1.55. The Morgan fingerprint density at radius 2 is 1.75 bits per heavy atom. The molecule has 1 unspecified atom stereocenters. The second-order valence-corrected chi connectivity index (χ2v) is 5.78. The van der Waals surface area contributed by atoms with Crippen molar-refractivity contribution in [1.82, 2.24) is 10.2 Å². The van der Waals surface area contributed by atoms with Crippen molar-refractivity contribution in [3.63, 3.8) is 0 Å². The van der Waals surface area contributed by atoms with Crippen molar-refractivity contribution in [2.45, 2.75) is 6.10 Å². The fourth-order valence-electron chi connectivity index (χ4n) is 2.21. The first kappa shape index (κ1) is 18.0. The smallest absolute Gasteiger partial charge is 0.254 e. The fraction of sp³-hybridized carbons (Fsp3) is 0.222. The first-order valence-electron chi connectivity index (χ1n) is 7.48. The van der Waals surface area contributed by atoms with Gasteiger partial charge in [0, 0.05) is 29.7 Å². The van der Waals surface area contributed by atoms with Crippen LogP contribution >= 0.6 is 11.6 Å². The van der Waals surface area contributed by atoms with Gasteiger partial charge in [-0.3, -0.25) is 9.59 Å². The van der Waals surface area contributed by atoms with Crippen molar-refractivity contribution in [2.75, 3.05) is 20.1 Å². The molecule has 0 aliphatic carbocycles. The Morgan fingerprint density at radius 1 is 1.12 bits per heavy atom. The van der Waals surface area contributed by atoms with Gasteiger partial charge in [0.15, 0.2) is 0 Å². The molecule has 0 aromatic heterocycles. The number of hydrogen-bond donors (Lipinski definition) is 2. The van der Waals surface area contributed by atoms with Gasteiger partial charge in [-0.2, -0.15) is 0 Å². The molecule has 0 fully saturated rings. The van der Waals surface area contributed by atoms with Crippen molar-refractivity contribution in [2.24, 2.45) is 0 Å². The molecule has 0 aliphatic heterocycles. The van der Waals surface area contributed by atoms with Crippen LogP contribution in [0.5, 0.6) is 0 Å². The summed E-state index contributed by atoms with van der Waals surface area (Å²) in [6.45, 7) is -0.0705. The Hall–Kier alpha value is -2.37. The Kier molecular flexibility index (Phi) is 6.35. The third-order valence-electron chi connectivity index (χ3n) is 3.51. The molecule has 2 aromatic carbocycles. The zero-order chi connectivity index (χ0) is 17.5. The lowest BCUT2D eigenvalue weighted by molar-refractivity contribution is -0.122. The number of likely N-dealkylation sites (N-methyl/N-ethyl adjacent to an activating group) is 1. The average molecular weight is 347 g/mol. The van der Waals surface area contributed by atoms with Gasteiger partial charge in [-0.25, -0.2) is 0 Å². The standard InChI is InChI=1S/C18H19ClN2O3/c1-21(18(24)13-7-3-2-4-8-13)12-17(23)20-11-16(22)14-9-5-6-10-15(14)19/h2-10,16,22H,11-12H2,1H3,(H,20,23). The molecule has 2 rings (SSSR count). The molecule has 0 spiro atoms. The number of hydrogen-bond acceptors (Lipinski definition) is 3. The summed E-state index contributed by atoms with van der Waals surface area (Å²) < 4.78 is 0. The molecule has 0 saturated carbocycles. The van der Waals surface area contributed by atoms with Crippen molar-refractivity contribution >= 4 is 23.4 Å². The number of nitrogens with one attached hydrogen (secondary N) is 1. The number of benzene rings is 2. The van der Waals surface area contributed by atoms with Crippen molar-refractivity contribution in [3.05, 3.63) is 70.7 Å². The van der Waals surface area contributed by atoms with Crippen LogP contribution in [-0.4, -0.2) is 42.0 Å². The van der Waals surface area contributed by atoms with E-state index in [4.69, 9.17) is 11.6 Å². The first-order chi connectivity index (χ1) is 11.5. The molecule has 2 N–H and O–H groups in total. The van der Waals surface area contributed by atoms with Gasteiger partial charge in [0.1, 0.15) is 0 Å². The Bertz CT molecular complexity index is 706. The predicted molar refractivity (Wildman–Crippen MR) is 92.8 cm³/mol. The molecule has 6 heteroatoms. The number of carbonyl (C=O) groups is 2. The van der Waals surface area contributed by atoms with Crippen molar-refractivity contribution in [1.29, 1.82) is 0 Å². The second-order valence-electron chi connectivity index (χ2n) is 5.37. The van der Waals surface area contributed by atoms with E-state index in [1.54, 1.807) is 55.6 Å². The topological polar surface area (TPSA) is 69.6 Å². The third-order valence-corrected chi connectivity index (χ3v) is 3.85. The molecule has 0 bridgehead atoms. The Balaban J connectivity index is 1.85. The number of nitrogens with zero attached hydrogens (tertiary/aromatic N) is 1. The molecule has 0 aliphatic rings. The second kappa shape index (κ2) is 8.47. The molecular weight excluding hydrogens is 328 g/mol. The first-order valence-corrected chi connectivity index (χ1v) is 7.86. The maximum atomic E-state index is 12.2. The highest BCUT2D eigenvalue weighted by Gasteiger charge is 2.16.